The SMILES string of the molecule is CCOC(=O)C1CCC(n2ncc3c(Cl)nc(Cl)nc32)CC1. The lowest BCUT2D eigenvalue weighted by Gasteiger charge is -2.27. The van der Waals surface area contributed by atoms with Crippen molar-refractivity contribution < 1.29 is 9.53 Å². The Hall–Kier alpha value is -1.40. The molecule has 0 aliphatic heterocycles. The van der Waals surface area contributed by atoms with Crippen LogP contribution in [-0.2, 0) is 9.53 Å². The fourth-order valence-electron chi connectivity index (χ4n) is 2.95. The topological polar surface area (TPSA) is 69.9 Å². The number of hydrogen-bond acceptors (Lipinski definition) is 5. The Morgan fingerprint density at radius 2 is 2.05 bits per heavy atom. The van der Waals surface area contributed by atoms with Crippen LogP contribution in [0.3, 0.4) is 0 Å². The van der Waals surface area contributed by atoms with Gasteiger partial charge in [-0.1, -0.05) is 11.6 Å². The zero-order valence-electron chi connectivity index (χ0n) is 12.1. The highest BCUT2D eigenvalue weighted by Gasteiger charge is 2.29. The number of esters is 1. The number of halogens is 2. The van der Waals surface area contributed by atoms with E-state index in [0.717, 1.165) is 25.7 Å². The molecule has 0 spiro atoms. The highest BCUT2D eigenvalue weighted by Crippen LogP contribution is 2.34. The number of carbonyl (C=O) groups is 1. The summed E-state index contributed by atoms with van der Waals surface area (Å²) in [5.74, 6) is -0.112. The fourth-order valence-corrected chi connectivity index (χ4v) is 3.37. The predicted molar refractivity (Wildman–Crippen MR) is 83.0 cm³/mol. The van der Waals surface area contributed by atoms with Crippen molar-refractivity contribution in [1.29, 1.82) is 0 Å². The van der Waals surface area contributed by atoms with Gasteiger partial charge >= 0.3 is 5.97 Å². The number of aromatic nitrogens is 4. The first-order valence-corrected chi connectivity index (χ1v) is 8.08. The standard InChI is InChI=1S/C14H16Cl2N4O2/c1-2-22-13(21)8-3-5-9(6-4-8)20-12-10(7-17-20)11(15)18-14(16)19-12/h7-9H,2-6H2,1H3. The van der Waals surface area contributed by atoms with Crippen LogP contribution in [0.4, 0.5) is 0 Å². The van der Waals surface area contributed by atoms with Crippen LogP contribution in [0.2, 0.25) is 10.4 Å². The van der Waals surface area contributed by atoms with E-state index in [1.54, 1.807) is 6.20 Å². The second-order valence-electron chi connectivity index (χ2n) is 5.37. The van der Waals surface area contributed by atoms with Gasteiger partial charge in [0.2, 0.25) is 5.28 Å². The molecule has 1 aliphatic carbocycles. The first-order valence-electron chi connectivity index (χ1n) is 7.33. The minimum atomic E-state index is -0.0975. The summed E-state index contributed by atoms with van der Waals surface area (Å²) in [5, 5.41) is 5.49. The maximum absolute atomic E-state index is 11.8. The van der Waals surface area contributed by atoms with Crippen LogP contribution >= 0.6 is 23.2 Å². The van der Waals surface area contributed by atoms with Crippen molar-refractivity contribution in [3.63, 3.8) is 0 Å². The van der Waals surface area contributed by atoms with E-state index in [0.29, 0.717) is 22.8 Å². The Morgan fingerprint density at radius 1 is 1.32 bits per heavy atom. The number of rotatable bonds is 3. The lowest BCUT2D eigenvalue weighted by atomic mass is 9.86. The third kappa shape index (κ3) is 2.90. The van der Waals surface area contributed by atoms with Crippen molar-refractivity contribution in [1.82, 2.24) is 19.7 Å². The normalized spacial score (nSPS) is 22.0. The highest BCUT2D eigenvalue weighted by molar-refractivity contribution is 6.35. The Morgan fingerprint density at radius 3 is 2.73 bits per heavy atom. The van der Waals surface area contributed by atoms with Crippen molar-refractivity contribution in [2.24, 2.45) is 5.92 Å². The lowest BCUT2D eigenvalue weighted by Crippen LogP contribution is -2.25. The summed E-state index contributed by atoms with van der Waals surface area (Å²) in [6.45, 7) is 2.25. The van der Waals surface area contributed by atoms with Gasteiger partial charge < -0.3 is 4.74 Å². The molecule has 1 saturated carbocycles. The molecule has 0 aromatic carbocycles. The molecular formula is C14H16Cl2N4O2. The Kier molecular flexibility index (Phi) is 4.49. The largest absolute Gasteiger partial charge is 0.466 e. The summed E-state index contributed by atoms with van der Waals surface area (Å²) < 4.78 is 6.94. The molecule has 3 rings (SSSR count). The molecule has 1 fully saturated rings. The molecule has 2 aromatic rings. The average molecular weight is 343 g/mol. The van der Waals surface area contributed by atoms with Crippen LogP contribution in [0.1, 0.15) is 38.6 Å². The van der Waals surface area contributed by atoms with E-state index in [4.69, 9.17) is 27.9 Å². The number of hydrogen-bond donors (Lipinski definition) is 0. The molecule has 1 aliphatic rings. The van der Waals surface area contributed by atoms with Gasteiger partial charge in [-0.15, -0.1) is 0 Å². The van der Waals surface area contributed by atoms with Crippen molar-refractivity contribution in [2.75, 3.05) is 6.61 Å². The van der Waals surface area contributed by atoms with E-state index < -0.39 is 0 Å². The summed E-state index contributed by atoms with van der Waals surface area (Å²) in [5.41, 5.74) is 0.643. The molecule has 6 nitrogen and oxygen atoms in total. The zero-order valence-corrected chi connectivity index (χ0v) is 13.6. The number of nitrogens with zero attached hydrogens (tertiary/aromatic N) is 4. The number of ether oxygens (including phenoxy) is 1. The monoisotopic (exact) mass is 342 g/mol. The molecule has 0 atom stereocenters. The Bertz CT molecular complexity index is 695. The average Bonchev–Trinajstić information content (AvgIpc) is 2.91. The smallest absolute Gasteiger partial charge is 0.308 e. The van der Waals surface area contributed by atoms with E-state index in [1.807, 2.05) is 11.6 Å². The molecule has 0 radical (unpaired) electrons. The minimum Gasteiger partial charge on any atom is -0.466 e. The highest BCUT2D eigenvalue weighted by atomic mass is 35.5. The summed E-state index contributed by atoms with van der Waals surface area (Å²) in [4.78, 5) is 19.9. The van der Waals surface area contributed by atoms with Gasteiger partial charge in [-0.2, -0.15) is 10.1 Å². The van der Waals surface area contributed by atoms with E-state index in [9.17, 15) is 4.79 Å². The van der Waals surface area contributed by atoms with Gasteiger partial charge in [-0.25, -0.2) is 9.67 Å². The molecule has 0 amide bonds. The van der Waals surface area contributed by atoms with Gasteiger partial charge in [-0.3, -0.25) is 4.79 Å². The second-order valence-corrected chi connectivity index (χ2v) is 6.06. The van der Waals surface area contributed by atoms with Crippen molar-refractivity contribution in [3.8, 4) is 0 Å². The zero-order chi connectivity index (χ0) is 15.7. The lowest BCUT2D eigenvalue weighted by molar-refractivity contribution is -0.149. The number of carbonyl (C=O) groups excluding carboxylic acids is 1. The maximum Gasteiger partial charge on any atom is 0.308 e. The van der Waals surface area contributed by atoms with Gasteiger partial charge in [0.15, 0.2) is 5.65 Å². The fraction of sp³-hybridized carbons (Fsp3) is 0.571. The third-order valence-electron chi connectivity index (χ3n) is 4.04. The number of fused-ring (bicyclic) bond motifs is 1. The molecule has 0 bridgehead atoms. The van der Waals surface area contributed by atoms with E-state index in [-0.39, 0.29) is 23.2 Å². The molecular weight excluding hydrogens is 327 g/mol. The maximum atomic E-state index is 11.8. The summed E-state index contributed by atoms with van der Waals surface area (Å²) in [7, 11) is 0. The van der Waals surface area contributed by atoms with Gasteiger partial charge in [0, 0.05) is 0 Å². The van der Waals surface area contributed by atoms with E-state index in [2.05, 4.69) is 15.1 Å². The van der Waals surface area contributed by atoms with Crippen LogP contribution in [0.25, 0.3) is 11.0 Å². The predicted octanol–water partition coefficient (Wildman–Crippen LogP) is 3.43. The van der Waals surface area contributed by atoms with Crippen molar-refractivity contribution in [3.05, 3.63) is 16.6 Å². The molecule has 0 saturated heterocycles. The van der Waals surface area contributed by atoms with Gasteiger partial charge in [-0.05, 0) is 44.2 Å². The van der Waals surface area contributed by atoms with Crippen molar-refractivity contribution >= 4 is 40.2 Å². The summed E-state index contributed by atoms with van der Waals surface area (Å²) in [6.07, 6.45) is 4.93. The quantitative estimate of drug-likeness (QED) is 0.485. The van der Waals surface area contributed by atoms with Crippen LogP contribution in [0.15, 0.2) is 6.20 Å². The Labute approximate surface area is 137 Å². The van der Waals surface area contributed by atoms with Gasteiger partial charge in [0.05, 0.1) is 30.1 Å². The van der Waals surface area contributed by atoms with E-state index >= 15 is 0 Å². The van der Waals surface area contributed by atoms with Crippen LogP contribution in [0, 0.1) is 5.92 Å². The molecule has 2 aromatic heterocycles. The minimum absolute atomic E-state index is 0.0140. The molecule has 22 heavy (non-hydrogen) atoms. The molecule has 8 heteroatoms. The summed E-state index contributed by atoms with van der Waals surface area (Å²) in [6, 6.07) is 0.185. The molecule has 2 heterocycles. The Balaban J connectivity index is 1.78. The van der Waals surface area contributed by atoms with E-state index in [1.165, 1.54) is 0 Å². The first-order chi connectivity index (χ1) is 10.6. The van der Waals surface area contributed by atoms with Gasteiger partial charge in [0.25, 0.3) is 0 Å². The third-order valence-corrected chi connectivity index (χ3v) is 4.50. The molecule has 118 valence electrons. The van der Waals surface area contributed by atoms with Crippen LogP contribution < -0.4 is 0 Å². The second kappa shape index (κ2) is 6.38. The van der Waals surface area contributed by atoms with Crippen molar-refractivity contribution in [2.45, 2.75) is 38.6 Å². The molecule has 0 unspecified atom stereocenters. The van der Waals surface area contributed by atoms with Crippen LogP contribution in [-0.4, -0.2) is 32.3 Å². The van der Waals surface area contributed by atoms with Crippen LogP contribution in [0.5, 0.6) is 0 Å². The molecule has 0 N–H and O–H groups in total. The summed E-state index contributed by atoms with van der Waals surface area (Å²) >= 11 is 11.9. The first kappa shape index (κ1) is 15.5. The van der Waals surface area contributed by atoms with Gasteiger partial charge in [0.1, 0.15) is 5.15 Å².